The van der Waals surface area contributed by atoms with Crippen LogP contribution < -0.4 is 138 Å². The molecule has 60 heteroatoms. The SMILES string of the molecule is O=c1ccn([C@H]2C[C@H]([O-])[C@@H](COP(=O)(O)OP(=O)(O)OP(=O)(O)O)O2)c(=O)[nH]1.O=c1ccn([C@H]2C[C@H]([O-])[C@@H](COP(=O)(O)OP(=O)(O)OP(=O)(O)O)O2)c(=O)[nH]1.O=c1ccn([C@H]2C[C@H]([O-])[C@@H](COP(=O)(O)OP(=O)(O)OP(=O)(O)O)O2)c(=O)[nH]1.[Na+].[Na+].[Na+]. The molecule has 0 amide bonds. The molecule has 6 heterocycles. The molecule has 0 radical (unpaired) electrons. The minimum absolute atomic E-state index is 0. The van der Waals surface area contributed by atoms with Gasteiger partial charge in [-0.15, -0.1) is 0 Å². The Morgan fingerprint density at radius 3 is 0.782 bits per heavy atom. The number of aromatic nitrogens is 6. The van der Waals surface area contributed by atoms with E-state index in [1.165, 1.54) is 0 Å². The summed E-state index contributed by atoms with van der Waals surface area (Å²) in [4.78, 5) is 180. The Hall–Kier alpha value is 0.0300. The van der Waals surface area contributed by atoms with Crippen LogP contribution in [0.4, 0.5) is 0 Å². The fourth-order valence-electron chi connectivity index (χ4n) is 6.44. The minimum Gasteiger partial charge on any atom is -0.850 e. The van der Waals surface area contributed by atoms with Gasteiger partial charge in [0, 0.05) is 36.8 Å². The molecule has 15 N–H and O–H groups in total. The summed E-state index contributed by atoms with van der Waals surface area (Å²) in [5.41, 5.74) is -4.62. The van der Waals surface area contributed by atoms with Crippen molar-refractivity contribution in [3.8, 4) is 0 Å². The van der Waals surface area contributed by atoms with Crippen LogP contribution in [0.5, 0.6) is 0 Å². The Morgan fingerprint density at radius 2 is 0.598 bits per heavy atom. The second kappa shape index (κ2) is 34.1. The maximum absolute atomic E-state index is 12.0. The van der Waals surface area contributed by atoms with Crippen LogP contribution >= 0.6 is 70.4 Å². The normalized spacial score (nSPS) is 26.3. The number of nitrogens with one attached hydrogen (secondary N) is 3. The quantitative estimate of drug-likeness (QED) is 0.0292. The summed E-state index contributed by atoms with van der Waals surface area (Å²) < 4.78 is 152. The van der Waals surface area contributed by atoms with Gasteiger partial charge in [0.1, 0.15) is 18.7 Å². The number of phosphoric ester groups is 3. The summed E-state index contributed by atoms with van der Waals surface area (Å²) >= 11 is 0. The van der Waals surface area contributed by atoms with Crippen LogP contribution in [0, 0.1) is 0 Å². The van der Waals surface area contributed by atoms with E-state index in [0.29, 0.717) is 0 Å². The number of nitrogens with zero attached hydrogens (tertiary/aromatic N) is 3. The fourth-order valence-corrected chi connectivity index (χ4v) is 15.5. The molecule has 6 unspecified atom stereocenters. The second-order valence-electron chi connectivity index (χ2n) is 15.9. The number of aromatic amines is 3. The van der Waals surface area contributed by atoms with E-state index in [0.717, 1.165) is 50.5 Å². The first-order valence-corrected chi connectivity index (χ1v) is 34.8. The molecule has 0 aromatic carbocycles. The van der Waals surface area contributed by atoms with Crippen molar-refractivity contribution in [3.63, 3.8) is 0 Å². The Balaban J connectivity index is 0.000000641. The third kappa shape index (κ3) is 30.5. The molecule has 480 valence electrons. The average molecular weight is 1470 g/mol. The van der Waals surface area contributed by atoms with Gasteiger partial charge in [-0.1, -0.05) is 18.3 Å². The van der Waals surface area contributed by atoms with Gasteiger partial charge < -0.3 is 88.3 Å². The van der Waals surface area contributed by atoms with E-state index >= 15 is 0 Å². The molecular formula is C27H42N6Na3O42P9. The van der Waals surface area contributed by atoms with Gasteiger partial charge in [0.15, 0.2) is 0 Å². The van der Waals surface area contributed by atoms with Crippen LogP contribution in [0.3, 0.4) is 0 Å². The Bertz CT molecular complexity index is 3280. The fraction of sp³-hybridized carbons (Fsp3) is 0.556. The Kier molecular flexibility index (Phi) is 33.3. The van der Waals surface area contributed by atoms with E-state index in [1.807, 2.05) is 15.0 Å². The van der Waals surface area contributed by atoms with E-state index in [2.05, 4.69) is 39.4 Å². The summed E-state index contributed by atoms with van der Waals surface area (Å²) in [6, 6.07) is 3.01. The molecule has 3 aliphatic heterocycles. The van der Waals surface area contributed by atoms with Gasteiger partial charge in [-0.3, -0.25) is 56.6 Å². The zero-order valence-electron chi connectivity index (χ0n) is 43.4. The van der Waals surface area contributed by atoms with Gasteiger partial charge in [0.25, 0.3) is 16.7 Å². The largest absolute Gasteiger partial charge is 1.00 e. The maximum Gasteiger partial charge on any atom is 1.00 e. The number of hydrogen-bond donors (Lipinski definition) is 15. The third-order valence-electron chi connectivity index (χ3n) is 9.48. The van der Waals surface area contributed by atoms with Crippen LogP contribution in [0.2, 0.25) is 0 Å². The van der Waals surface area contributed by atoms with Crippen molar-refractivity contribution in [2.45, 2.75) is 74.6 Å². The third-order valence-corrected chi connectivity index (χ3v) is 20.9. The Morgan fingerprint density at radius 1 is 0.391 bits per heavy atom. The summed E-state index contributed by atoms with van der Waals surface area (Å²) in [5.74, 6) is 0. The van der Waals surface area contributed by atoms with Crippen molar-refractivity contribution in [2.75, 3.05) is 19.8 Å². The van der Waals surface area contributed by atoms with Crippen molar-refractivity contribution in [1.29, 1.82) is 0 Å². The molecule has 3 aliphatic rings. The van der Waals surface area contributed by atoms with Crippen molar-refractivity contribution in [3.05, 3.63) is 99.3 Å². The van der Waals surface area contributed by atoms with Gasteiger partial charge in [0.05, 0.1) is 38.1 Å². The van der Waals surface area contributed by atoms with Crippen LogP contribution in [0.15, 0.2) is 65.6 Å². The van der Waals surface area contributed by atoms with Gasteiger partial charge >= 0.3 is 176 Å². The van der Waals surface area contributed by atoms with E-state index in [-0.39, 0.29) is 108 Å². The molecule has 0 saturated carbocycles. The van der Waals surface area contributed by atoms with Crippen LogP contribution in [-0.2, 0) is 94.7 Å². The van der Waals surface area contributed by atoms with E-state index in [4.69, 9.17) is 58.3 Å². The summed E-state index contributed by atoms with van der Waals surface area (Å²) in [5, 5.41) is 35.9. The predicted molar refractivity (Wildman–Crippen MR) is 250 cm³/mol. The first-order valence-electron chi connectivity index (χ1n) is 21.3. The number of hydrogen-bond acceptors (Lipinski definition) is 30. The first kappa shape index (κ1) is 85.0. The molecule has 6 rings (SSSR count). The second-order valence-corrected chi connectivity index (χ2v) is 29.2. The van der Waals surface area contributed by atoms with E-state index in [9.17, 15) is 99.9 Å². The smallest absolute Gasteiger partial charge is 0.850 e. The maximum atomic E-state index is 12.0. The number of ether oxygens (including phenoxy) is 3. The molecule has 87 heavy (non-hydrogen) atoms. The first-order chi connectivity index (χ1) is 38.0. The van der Waals surface area contributed by atoms with Gasteiger partial charge in [-0.25, -0.2) is 55.5 Å². The number of H-pyrrole nitrogens is 3. The summed E-state index contributed by atoms with van der Waals surface area (Å²) in [6.07, 6.45) is -9.90. The van der Waals surface area contributed by atoms with Crippen LogP contribution in [0.1, 0.15) is 37.9 Å². The molecule has 3 saturated heterocycles. The monoisotopic (exact) mass is 1470 g/mol. The van der Waals surface area contributed by atoms with E-state index in [1.54, 1.807) is 0 Å². The molecule has 3 fully saturated rings. The molecular weight excluding hydrogens is 1430 g/mol. The minimum atomic E-state index is -5.68. The molecule has 3 aromatic rings. The molecule has 3 aromatic heterocycles. The topological polar surface area (TPSA) is 741 Å². The summed E-state index contributed by atoms with van der Waals surface area (Å²) in [7, 11) is -49.9. The molecule has 0 aliphatic carbocycles. The zero-order chi connectivity index (χ0) is 64.0. The number of rotatable bonds is 24. The van der Waals surface area contributed by atoms with Gasteiger partial charge in [0.2, 0.25) is 0 Å². The van der Waals surface area contributed by atoms with Gasteiger partial charge in [-0.2, -0.15) is 25.9 Å². The van der Waals surface area contributed by atoms with Crippen molar-refractivity contribution < 1.29 is 257 Å². The zero-order valence-corrected chi connectivity index (χ0v) is 57.4. The van der Waals surface area contributed by atoms with Crippen LogP contribution in [0.25, 0.3) is 0 Å². The number of phosphoric acid groups is 9. The van der Waals surface area contributed by atoms with Gasteiger partial charge in [-0.05, 0) is 19.3 Å². The Labute approximate surface area is 545 Å². The predicted octanol–water partition coefficient (Wildman–Crippen LogP) is -15.3. The molecule has 0 bridgehead atoms. The standard InChI is InChI=1S/3C9H14N2O14P3.3Na/c3*12-5-3-8(11-2-1-7(13)10-9(11)14)23-6(5)4-22-27(18,19)25-28(20,21)24-26(15,16)17;;;/h3*1-2,5-6,8H,3-4H2,(H,18,19)(H,20,21)(H,10,13,14)(H2,15,16,17);;;/q3*-1;3*+1/t3*5-,6+,8+;;;/m000.../s1. The molecule has 15 atom stereocenters. The van der Waals surface area contributed by atoms with Crippen molar-refractivity contribution >= 4 is 70.4 Å². The molecule has 0 spiro atoms. The average Bonchev–Trinajstić information content (AvgIpc) is 2.19. The van der Waals surface area contributed by atoms with E-state index < -0.39 is 179 Å². The molecule has 48 nitrogen and oxygen atoms in total. The van der Waals surface area contributed by atoms with Crippen molar-refractivity contribution in [1.82, 2.24) is 28.7 Å². The summed E-state index contributed by atoms with van der Waals surface area (Å²) in [6.45, 7) is -2.81. The van der Waals surface area contributed by atoms with Crippen molar-refractivity contribution in [2.24, 2.45) is 0 Å². The van der Waals surface area contributed by atoms with Crippen LogP contribution in [-0.4, -0.2) is 144 Å².